The number of carboxylic acids is 1. The molecule has 0 bridgehead atoms. The SMILES string of the molecule is Cc1cc(-n2c(C)cc(C(=O)N3C[C@@H](C(F)(F)F)[C@H](C(=O)O)C3)c2C)no1. The molecule has 3 rings (SSSR count). The van der Waals surface area contributed by atoms with Crippen molar-refractivity contribution in [2.45, 2.75) is 26.9 Å². The average molecular weight is 385 g/mol. The molecule has 27 heavy (non-hydrogen) atoms. The van der Waals surface area contributed by atoms with Gasteiger partial charge in [-0.25, -0.2) is 0 Å². The zero-order valence-corrected chi connectivity index (χ0v) is 14.9. The molecule has 0 aliphatic carbocycles. The molecule has 1 amide bonds. The van der Waals surface area contributed by atoms with E-state index in [4.69, 9.17) is 9.63 Å². The Kier molecular flexibility index (Phi) is 4.52. The molecule has 0 radical (unpaired) electrons. The number of aromatic nitrogens is 2. The Morgan fingerprint density at radius 3 is 2.37 bits per heavy atom. The monoisotopic (exact) mass is 385 g/mol. The molecule has 0 saturated carbocycles. The number of aryl methyl sites for hydroxylation is 2. The van der Waals surface area contributed by atoms with Gasteiger partial charge in [-0.3, -0.25) is 14.2 Å². The quantitative estimate of drug-likeness (QED) is 0.878. The van der Waals surface area contributed by atoms with E-state index >= 15 is 0 Å². The first-order valence-corrected chi connectivity index (χ1v) is 8.22. The topological polar surface area (TPSA) is 88.6 Å². The summed E-state index contributed by atoms with van der Waals surface area (Å²) in [6, 6.07) is 3.22. The van der Waals surface area contributed by atoms with E-state index in [2.05, 4.69) is 5.16 Å². The van der Waals surface area contributed by atoms with Gasteiger partial charge in [0.1, 0.15) is 5.76 Å². The third-order valence-corrected chi connectivity index (χ3v) is 4.85. The molecule has 3 heterocycles. The van der Waals surface area contributed by atoms with Gasteiger partial charge in [0.05, 0.1) is 17.4 Å². The minimum absolute atomic E-state index is 0.208. The predicted octanol–water partition coefficient (Wildman–Crippen LogP) is 2.73. The van der Waals surface area contributed by atoms with Crippen LogP contribution in [0.2, 0.25) is 0 Å². The lowest BCUT2D eigenvalue weighted by molar-refractivity contribution is -0.187. The molecule has 1 saturated heterocycles. The largest absolute Gasteiger partial charge is 0.481 e. The first-order chi connectivity index (χ1) is 12.5. The number of likely N-dealkylation sites (tertiary alicyclic amines) is 1. The standard InChI is InChI=1S/C17H18F3N3O4/c1-8-4-11(10(3)23(8)14-5-9(2)27-21-14)15(24)22-6-12(16(25)26)13(7-22)17(18,19)20/h4-5,12-13H,6-7H2,1-3H3,(H,25,26)/t12-,13-/m1/s1. The number of alkyl halides is 3. The Bertz CT molecular complexity index is 900. The lowest BCUT2D eigenvalue weighted by Gasteiger charge is -2.18. The summed E-state index contributed by atoms with van der Waals surface area (Å²) in [6.45, 7) is 3.94. The maximum absolute atomic E-state index is 13.2. The zero-order chi connectivity index (χ0) is 20.1. The maximum atomic E-state index is 13.2. The molecule has 2 aromatic rings. The van der Waals surface area contributed by atoms with Gasteiger partial charge in [0.25, 0.3) is 5.91 Å². The minimum atomic E-state index is -4.69. The third kappa shape index (κ3) is 3.31. The van der Waals surface area contributed by atoms with Crippen molar-refractivity contribution in [3.05, 3.63) is 34.8 Å². The summed E-state index contributed by atoms with van der Waals surface area (Å²) in [7, 11) is 0. The van der Waals surface area contributed by atoms with Crippen LogP contribution in [0.1, 0.15) is 27.5 Å². The van der Waals surface area contributed by atoms with Gasteiger partial charge in [0.15, 0.2) is 5.82 Å². The highest BCUT2D eigenvalue weighted by Gasteiger charge is 2.53. The van der Waals surface area contributed by atoms with Gasteiger partial charge in [0, 0.05) is 30.5 Å². The van der Waals surface area contributed by atoms with Gasteiger partial charge in [-0.05, 0) is 26.8 Å². The number of nitrogens with zero attached hydrogens (tertiary/aromatic N) is 3. The van der Waals surface area contributed by atoms with Crippen molar-refractivity contribution in [1.29, 1.82) is 0 Å². The van der Waals surface area contributed by atoms with Crippen LogP contribution in [0.5, 0.6) is 0 Å². The highest BCUT2D eigenvalue weighted by molar-refractivity contribution is 5.96. The molecule has 0 aromatic carbocycles. The van der Waals surface area contributed by atoms with Gasteiger partial charge in [0.2, 0.25) is 0 Å². The van der Waals surface area contributed by atoms with Crippen molar-refractivity contribution in [3.8, 4) is 5.82 Å². The first-order valence-electron chi connectivity index (χ1n) is 8.22. The van der Waals surface area contributed by atoms with Crippen LogP contribution >= 0.6 is 0 Å². The smallest absolute Gasteiger partial charge is 0.394 e. The van der Waals surface area contributed by atoms with Crippen molar-refractivity contribution in [1.82, 2.24) is 14.6 Å². The molecule has 0 spiro atoms. The van der Waals surface area contributed by atoms with Crippen LogP contribution < -0.4 is 0 Å². The van der Waals surface area contributed by atoms with Gasteiger partial charge in [-0.1, -0.05) is 5.16 Å². The fourth-order valence-corrected chi connectivity index (χ4v) is 3.51. The van der Waals surface area contributed by atoms with E-state index in [0.29, 0.717) is 23.0 Å². The molecular formula is C17H18F3N3O4. The van der Waals surface area contributed by atoms with Crippen molar-refractivity contribution >= 4 is 11.9 Å². The molecule has 1 N–H and O–H groups in total. The van der Waals surface area contributed by atoms with E-state index < -0.39 is 43.0 Å². The zero-order valence-electron chi connectivity index (χ0n) is 14.9. The van der Waals surface area contributed by atoms with Gasteiger partial charge < -0.3 is 14.5 Å². The maximum Gasteiger partial charge on any atom is 0.394 e. The second-order valence-corrected chi connectivity index (χ2v) is 6.72. The molecular weight excluding hydrogens is 367 g/mol. The normalized spacial score (nSPS) is 20.3. The molecule has 1 aliphatic rings. The Hall–Kier alpha value is -2.78. The Morgan fingerprint density at radius 1 is 1.22 bits per heavy atom. The summed E-state index contributed by atoms with van der Waals surface area (Å²) in [5.74, 6) is -4.92. The van der Waals surface area contributed by atoms with Crippen molar-refractivity contribution in [2.75, 3.05) is 13.1 Å². The second-order valence-electron chi connectivity index (χ2n) is 6.72. The summed E-state index contributed by atoms with van der Waals surface area (Å²) < 4.78 is 46.2. The number of hydrogen-bond acceptors (Lipinski definition) is 4. The fraction of sp³-hybridized carbons (Fsp3) is 0.471. The average Bonchev–Trinajstić information content (AvgIpc) is 3.24. The summed E-state index contributed by atoms with van der Waals surface area (Å²) in [5, 5.41) is 13.0. The number of carboxylic acid groups (broad SMARTS) is 1. The van der Waals surface area contributed by atoms with Crippen LogP contribution in [0, 0.1) is 32.6 Å². The van der Waals surface area contributed by atoms with E-state index in [-0.39, 0.29) is 5.56 Å². The van der Waals surface area contributed by atoms with E-state index in [0.717, 1.165) is 4.90 Å². The molecule has 7 nitrogen and oxygen atoms in total. The molecule has 1 fully saturated rings. The number of carbonyl (C=O) groups is 2. The van der Waals surface area contributed by atoms with E-state index in [1.165, 1.54) is 0 Å². The molecule has 1 aliphatic heterocycles. The number of amides is 1. The van der Waals surface area contributed by atoms with Crippen molar-refractivity contribution in [3.63, 3.8) is 0 Å². The Labute approximate surface area is 152 Å². The number of rotatable bonds is 3. The number of hydrogen-bond donors (Lipinski definition) is 1. The second kappa shape index (κ2) is 6.43. The third-order valence-electron chi connectivity index (χ3n) is 4.85. The summed E-state index contributed by atoms with van der Waals surface area (Å²) in [4.78, 5) is 25.0. The van der Waals surface area contributed by atoms with Crippen LogP contribution in [0.3, 0.4) is 0 Å². The Morgan fingerprint density at radius 2 is 1.89 bits per heavy atom. The van der Waals surface area contributed by atoms with Crippen molar-refractivity contribution < 1.29 is 32.4 Å². The summed E-state index contributed by atoms with van der Waals surface area (Å²) >= 11 is 0. The van der Waals surface area contributed by atoms with Crippen molar-refractivity contribution in [2.24, 2.45) is 11.8 Å². The van der Waals surface area contributed by atoms with Crippen LogP contribution in [0.4, 0.5) is 13.2 Å². The molecule has 146 valence electrons. The number of halogens is 3. The van der Waals surface area contributed by atoms with Crippen LogP contribution in [0.15, 0.2) is 16.7 Å². The van der Waals surface area contributed by atoms with Crippen LogP contribution in [-0.4, -0.2) is 50.9 Å². The van der Waals surface area contributed by atoms with E-state index in [1.54, 1.807) is 37.5 Å². The fourth-order valence-electron chi connectivity index (χ4n) is 3.51. The molecule has 10 heteroatoms. The predicted molar refractivity (Wildman–Crippen MR) is 86.6 cm³/mol. The first kappa shape index (κ1) is 19.0. The van der Waals surface area contributed by atoms with Gasteiger partial charge >= 0.3 is 12.1 Å². The van der Waals surface area contributed by atoms with Crippen LogP contribution in [0.25, 0.3) is 5.82 Å². The molecule has 2 atom stereocenters. The summed E-state index contributed by atoms with van der Waals surface area (Å²) in [6.07, 6.45) is -4.69. The lowest BCUT2D eigenvalue weighted by atomic mass is 9.96. The van der Waals surface area contributed by atoms with Crippen LogP contribution in [-0.2, 0) is 4.79 Å². The van der Waals surface area contributed by atoms with E-state index in [9.17, 15) is 22.8 Å². The van der Waals surface area contributed by atoms with Gasteiger partial charge in [-0.2, -0.15) is 13.2 Å². The van der Waals surface area contributed by atoms with E-state index in [1.807, 2.05) is 0 Å². The number of carbonyl (C=O) groups excluding carboxylic acids is 1. The molecule has 0 unspecified atom stereocenters. The minimum Gasteiger partial charge on any atom is -0.481 e. The highest BCUT2D eigenvalue weighted by atomic mass is 19.4. The Balaban J connectivity index is 1.92. The summed E-state index contributed by atoms with van der Waals surface area (Å²) in [5.41, 5.74) is 1.36. The van der Waals surface area contributed by atoms with Gasteiger partial charge in [-0.15, -0.1) is 0 Å². The highest BCUT2D eigenvalue weighted by Crippen LogP contribution is 2.38. The lowest BCUT2D eigenvalue weighted by Crippen LogP contribution is -2.34. The molecule has 2 aromatic heterocycles. The number of aliphatic carboxylic acids is 1.